The van der Waals surface area contributed by atoms with Crippen molar-refractivity contribution in [2.45, 2.75) is 24.4 Å². The fourth-order valence-electron chi connectivity index (χ4n) is 4.04. The molecule has 0 saturated carbocycles. The van der Waals surface area contributed by atoms with Crippen LogP contribution in [-0.4, -0.2) is 49.4 Å². The molecule has 1 amide bonds. The van der Waals surface area contributed by atoms with E-state index in [9.17, 15) is 27.5 Å². The number of aryl methyl sites for hydroxylation is 1. The van der Waals surface area contributed by atoms with Crippen molar-refractivity contribution in [2.24, 2.45) is 0 Å². The monoisotopic (exact) mass is 498 g/mol. The number of aromatic hydroxyl groups is 1. The summed E-state index contributed by atoms with van der Waals surface area (Å²) in [5.74, 6) is -2.14. The van der Waals surface area contributed by atoms with Crippen LogP contribution in [0.15, 0.2) is 71.6 Å². The standard InChI is InChI=1S/C25H23FN2O6S/c1-16-7-8-18(26)13-21(16)24(30)27-15-23(25(31)34-2)28(14-17-5-3-4-6-22(17)27)35(32,33)20-11-9-19(29)10-12-20/h3-13,23,29H,14-15H2,1-2H3. The summed E-state index contributed by atoms with van der Waals surface area (Å²) in [4.78, 5) is 27.6. The number of para-hydroxylation sites is 1. The van der Waals surface area contributed by atoms with Crippen molar-refractivity contribution < 1.29 is 32.2 Å². The van der Waals surface area contributed by atoms with Crippen LogP contribution in [0.3, 0.4) is 0 Å². The summed E-state index contributed by atoms with van der Waals surface area (Å²) < 4.78 is 47.1. The lowest BCUT2D eigenvalue weighted by Crippen LogP contribution is -2.50. The second-order valence-electron chi connectivity index (χ2n) is 8.09. The number of phenols is 1. The molecule has 1 heterocycles. The summed E-state index contributed by atoms with van der Waals surface area (Å²) in [5, 5.41) is 9.58. The van der Waals surface area contributed by atoms with E-state index in [1.165, 1.54) is 41.3 Å². The number of esters is 1. The number of methoxy groups -OCH3 is 1. The average molecular weight is 499 g/mol. The predicted molar refractivity (Wildman–Crippen MR) is 126 cm³/mol. The van der Waals surface area contributed by atoms with E-state index in [0.717, 1.165) is 17.5 Å². The number of anilines is 1. The molecule has 35 heavy (non-hydrogen) atoms. The van der Waals surface area contributed by atoms with E-state index in [4.69, 9.17) is 4.74 Å². The zero-order valence-electron chi connectivity index (χ0n) is 19.0. The first kappa shape index (κ1) is 24.4. The van der Waals surface area contributed by atoms with E-state index >= 15 is 0 Å². The zero-order valence-corrected chi connectivity index (χ0v) is 19.8. The van der Waals surface area contributed by atoms with Gasteiger partial charge >= 0.3 is 5.97 Å². The maximum Gasteiger partial charge on any atom is 0.326 e. The lowest BCUT2D eigenvalue weighted by molar-refractivity contribution is -0.144. The van der Waals surface area contributed by atoms with Crippen molar-refractivity contribution in [2.75, 3.05) is 18.6 Å². The quantitative estimate of drug-likeness (QED) is 0.554. The van der Waals surface area contributed by atoms with E-state index < -0.39 is 33.8 Å². The molecule has 3 aromatic rings. The first-order chi connectivity index (χ1) is 16.6. The van der Waals surface area contributed by atoms with Gasteiger partial charge in [0.15, 0.2) is 0 Å². The van der Waals surface area contributed by atoms with Gasteiger partial charge in [-0.1, -0.05) is 24.3 Å². The third kappa shape index (κ3) is 4.62. The van der Waals surface area contributed by atoms with Gasteiger partial charge in [-0.2, -0.15) is 4.31 Å². The Balaban J connectivity index is 1.86. The molecule has 182 valence electrons. The zero-order chi connectivity index (χ0) is 25.3. The molecule has 1 atom stereocenters. The molecule has 0 radical (unpaired) electrons. The van der Waals surface area contributed by atoms with E-state index in [-0.39, 0.29) is 29.3 Å². The van der Waals surface area contributed by atoms with Crippen molar-refractivity contribution in [3.8, 4) is 5.75 Å². The van der Waals surface area contributed by atoms with E-state index in [1.54, 1.807) is 31.2 Å². The molecule has 1 aliphatic rings. The molecule has 0 fully saturated rings. The summed E-state index contributed by atoms with van der Waals surface area (Å²) in [6, 6.07) is 14.1. The number of phenolic OH excluding ortho intramolecular Hbond substituents is 1. The van der Waals surface area contributed by atoms with E-state index in [2.05, 4.69) is 0 Å². The molecule has 1 aliphatic heterocycles. The molecule has 0 spiro atoms. The molecule has 3 aromatic carbocycles. The van der Waals surface area contributed by atoms with Gasteiger partial charge in [-0.3, -0.25) is 9.59 Å². The van der Waals surface area contributed by atoms with Crippen molar-refractivity contribution in [1.82, 2.24) is 4.31 Å². The highest BCUT2D eigenvalue weighted by Gasteiger charge is 2.42. The van der Waals surface area contributed by atoms with Crippen molar-refractivity contribution in [3.63, 3.8) is 0 Å². The van der Waals surface area contributed by atoms with Crippen LogP contribution in [0.2, 0.25) is 0 Å². The fraction of sp³-hybridized carbons (Fsp3) is 0.200. The lowest BCUT2D eigenvalue weighted by atomic mass is 10.1. The van der Waals surface area contributed by atoms with Crippen LogP contribution in [0.25, 0.3) is 0 Å². The van der Waals surface area contributed by atoms with Crippen molar-refractivity contribution in [1.29, 1.82) is 0 Å². The van der Waals surface area contributed by atoms with Gasteiger partial charge in [0.25, 0.3) is 5.91 Å². The third-order valence-electron chi connectivity index (χ3n) is 5.90. The minimum Gasteiger partial charge on any atom is -0.508 e. The van der Waals surface area contributed by atoms with Crippen LogP contribution in [0.5, 0.6) is 5.75 Å². The number of hydrogen-bond donors (Lipinski definition) is 1. The minimum atomic E-state index is -4.25. The Morgan fingerprint density at radius 1 is 1.06 bits per heavy atom. The number of carbonyl (C=O) groups is 2. The predicted octanol–water partition coefficient (Wildman–Crippen LogP) is 3.23. The second-order valence-corrected chi connectivity index (χ2v) is 9.98. The molecule has 8 nitrogen and oxygen atoms in total. The summed E-state index contributed by atoms with van der Waals surface area (Å²) in [6.07, 6.45) is 0. The Morgan fingerprint density at radius 3 is 2.43 bits per heavy atom. The Labute approximate surface area is 202 Å². The first-order valence-electron chi connectivity index (χ1n) is 10.7. The van der Waals surface area contributed by atoms with Gasteiger partial charge in [-0.15, -0.1) is 0 Å². The van der Waals surface area contributed by atoms with Crippen molar-refractivity contribution in [3.05, 3.63) is 89.2 Å². The molecule has 0 saturated heterocycles. The molecule has 0 aliphatic carbocycles. The highest BCUT2D eigenvalue weighted by atomic mass is 32.2. The summed E-state index contributed by atoms with van der Waals surface area (Å²) >= 11 is 0. The van der Waals surface area contributed by atoms with Gasteiger partial charge in [0, 0.05) is 17.8 Å². The third-order valence-corrected chi connectivity index (χ3v) is 7.77. The van der Waals surface area contributed by atoms with Gasteiger partial charge in [0.05, 0.1) is 18.6 Å². The number of fused-ring (bicyclic) bond motifs is 1. The maximum absolute atomic E-state index is 14.0. The Bertz CT molecular complexity index is 1390. The normalized spacial score (nSPS) is 16.3. The number of ether oxygens (including phenoxy) is 1. The number of halogens is 1. The number of nitrogens with zero attached hydrogens (tertiary/aromatic N) is 2. The highest BCUT2D eigenvalue weighted by molar-refractivity contribution is 7.89. The van der Waals surface area contributed by atoms with Crippen molar-refractivity contribution >= 4 is 27.6 Å². The Kier molecular flexibility index (Phi) is 6.60. The molecule has 0 bridgehead atoms. The molecular weight excluding hydrogens is 475 g/mol. The van der Waals surface area contributed by atoms with Gasteiger partial charge in [-0.05, 0) is 60.5 Å². The van der Waals surface area contributed by atoms with Gasteiger partial charge < -0.3 is 14.7 Å². The fourth-order valence-corrected chi connectivity index (χ4v) is 5.59. The second kappa shape index (κ2) is 9.47. The summed E-state index contributed by atoms with van der Waals surface area (Å²) in [6.45, 7) is 1.09. The number of rotatable bonds is 4. The summed E-state index contributed by atoms with van der Waals surface area (Å²) in [5.41, 5.74) is 1.50. The van der Waals surface area contributed by atoms with Crippen LogP contribution >= 0.6 is 0 Å². The molecule has 10 heteroatoms. The van der Waals surface area contributed by atoms with Crippen LogP contribution in [0.1, 0.15) is 21.5 Å². The van der Waals surface area contributed by atoms with Crippen LogP contribution in [0.4, 0.5) is 10.1 Å². The number of benzene rings is 3. The van der Waals surface area contributed by atoms with Gasteiger partial charge in [0.2, 0.25) is 10.0 Å². The molecular formula is C25H23FN2O6S. The topological polar surface area (TPSA) is 104 Å². The van der Waals surface area contributed by atoms with Gasteiger partial charge in [-0.25, -0.2) is 12.8 Å². The molecule has 1 N–H and O–H groups in total. The number of hydrogen-bond acceptors (Lipinski definition) is 6. The Hall–Kier alpha value is -3.76. The smallest absolute Gasteiger partial charge is 0.326 e. The van der Waals surface area contributed by atoms with Crippen LogP contribution in [-0.2, 0) is 26.1 Å². The average Bonchev–Trinajstić information content (AvgIpc) is 3.03. The highest BCUT2D eigenvalue weighted by Crippen LogP contribution is 2.33. The Morgan fingerprint density at radius 2 is 1.74 bits per heavy atom. The lowest BCUT2D eigenvalue weighted by Gasteiger charge is -2.29. The maximum atomic E-state index is 14.0. The van der Waals surface area contributed by atoms with E-state index in [1.807, 2.05) is 0 Å². The molecule has 0 aromatic heterocycles. The summed E-state index contributed by atoms with van der Waals surface area (Å²) in [7, 11) is -3.12. The van der Waals surface area contributed by atoms with Crippen LogP contribution < -0.4 is 4.90 Å². The molecule has 4 rings (SSSR count). The van der Waals surface area contributed by atoms with Gasteiger partial charge in [0.1, 0.15) is 17.6 Å². The first-order valence-corrected chi connectivity index (χ1v) is 12.1. The number of sulfonamides is 1. The SMILES string of the molecule is COC(=O)C1CN(C(=O)c2cc(F)ccc2C)c2ccccc2CN1S(=O)(=O)c1ccc(O)cc1. The number of carbonyl (C=O) groups excluding carboxylic acids is 2. The number of amides is 1. The van der Waals surface area contributed by atoms with Crippen LogP contribution in [0, 0.1) is 12.7 Å². The minimum absolute atomic E-state index is 0.0956. The van der Waals surface area contributed by atoms with E-state index in [0.29, 0.717) is 16.8 Å². The molecule has 1 unspecified atom stereocenters. The largest absolute Gasteiger partial charge is 0.508 e.